The molecule has 0 radical (unpaired) electrons. The Hall–Kier alpha value is 0.260. The summed E-state index contributed by atoms with van der Waals surface area (Å²) in [5.74, 6) is -0.566. The molecule has 1 nitrogen and oxygen atoms in total. The Morgan fingerprint density at radius 2 is 2.07 bits per heavy atom. The fraction of sp³-hybridized carbons (Fsp3) is 0.333. The monoisotopic (exact) mass is 347 g/mol. The third-order valence-electron chi connectivity index (χ3n) is 2.01. The molecule has 78 valence electrons. The first-order chi connectivity index (χ1) is 6.49. The molecular weight excluding hydrogens is 339 g/mol. The van der Waals surface area contributed by atoms with Crippen LogP contribution in [-0.2, 0) is 0 Å². The number of halogens is 4. The van der Waals surface area contributed by atoms with Gasteiger partial charge >= 0.3 is 0 Å². The van der Waals surface area contributed by atoms with Crippen LogP contribution in [0.2, 0.25) is 0 Å². The van der Waals surface area contributed by atoms with E-state index in [2.05, 4.69) is 0 Å². The van der Waals surface area contributed by atoms with Crippen molar-refractivity contribution in [2.24, 2.45) is 5.73 Å². The number of hydrogen-bond donors (Lipinski definition) is 1. The van der Waals surface area contributed by atoms with Gasteiger partial charge in [0, 0.05) is 11.5 Å². The lowest BCUT2D eigenvalue weighted by Gasteiger charge is -2.03. The van der Waals surface area contributed by atoms with Crippen LogP contribution in [0.5, 0.6) is 0 Å². The summed E-state index contributed by atoms with van der Waals surface area (Å²) in [7, 11) is 0. The second kappa shape index (κ2) is 4.86. The van der Waals surface area contributed by atoms with Crippen LogP contribution in [0.15, 0.2) is 30.7 Å². The standard InChI is InChI=1S/C9H9Cl2FIN/c1-2-4-3-5(10)8(13)9(14)7(12)6(4)11/h2-3,14H2,1H3. The van der Waals surface area contributed by atoms with Crippen molar-refractivity contribution in [2.45, 2.75) is 19.8 Å². The third-order valence-corrected chi connectivity index (χ3v) is 4.32. The average molecular weight is 348 g/mol. The fourth-order valence-electron chi connectivity index (χ4n) is 1.14. The van der Waals surface area contributed by atoms with Crippen molar-refractivity contribution in [3.63, 3.8) is 0 Å². The number of nitrogens with two attached hydrogens (primary N) is 1. The molecule has 0 amide bonds. The molecule has 2 N–H and O–H groups in total. The summed E-state index contributed by atoms with van der Waals surface area (Å²) in [6.07, 6.45) is 1.14. The summed E-state index contributed by atoms with van der Waals surface area (Å²) >= 11 is 13.7. The number of allylic oxidation sites excluding steroid dienone is 5. The van der Waals surface area contributed by atoms with Gasteiger partial charge in [-0.15, -0.1) is 0 Å². The van der Waals surface area contributed by atoms with Crippen LogP contribution in [-0.4, -0.2) is 0 Å². The molecule has 1 rings (SSSR count). The highest BCUT2D eigenvalue weighted by Gasteiger charge is 2.20. The Labute approximate surface area is 106 Å². The van der Waals surface area contributed by atoms with Gasteiger partial charge in [0.2, 0.25) is 0 Å². The molecule has 5 heteroatoms. The lowest BCUT2D eigenvalue weighted by molar-refractivity contribution is 0.649. The van der Waals surface area contributed by atoms with Gasteiger partial charge in [0.1, 0.15) is 0 Å². The van der Waals surface area contributed by atoms with E-state index in [1.807, 2.05) is 29.5 Å². The van der Waals surface area contributed by atoms with Crippen molar-refractivity contribution in [2.75, 3.05) is 0 Å². The molecule has 0 aromatic rings. The maximum Gasteiger partial charge on any atom is 0.165 e. The van der Waals surface area contributed by atoms with Crippen LogP contribution in [0.4, 0.5) is 4.39 Å². The summed E-state index contributed by atoms with van der Waals surface area (Å²) in [6.45, 7) is 1.91. The molecule has 0 fully saturated rings. The quantitative estimate of drug-likeness (QED) is 0.702. The first kappa shape index (κ1) is 12.3. The summed E-state index contributed by atoms with van der Waals surface area (Å²) in [4.78, 5) is 0. The summed E-state index contributed by atoms with van der Waals surface area (Å²) < 4.78 is 14.1. The van der Waals surface area contributed by atoms with Crippen molar-refractivity contribution in [3.8, 4) is 0 Å². The Bertz CT molecular complexity index is 358. The maximum atomic E-state index is 13.6. The highest BCUT2D eigenvalue weighted by Crippen LogP contribution is 2.38. The zero-order chi connectivity index (χ0) is 10.9. The maximum absolute atomic E-state index is 13.6. The van der Waals surface area contributed by atoms with E-state index in [4.69, 9.17) is 28.9 Å². The van der Waals surface area contributed by atoms with Gasteiger partial charge in [0.05, 0.1) is 14.3 Å². The second-order valence-electron chi connectivity index (χ2n) is 2.89. The zero-order valence-electron chi connectivity index (χ0n) is 7.50. The molecule has 1 aliphatic rings. The Kier molecular flexibility index (Phi) is 4.28. The Morgan fingerprint density at radius 1 is 1.50 bits per heavy atom. The lowest BCUT2D eigenvalue weighted by Crippen LogP contribution is -2.00. The van der Waals surface area contributed by atoms with Crippen LogP contribution >= 0.6 is 45.8 Å². The van der Waals surface area contributed by atoms with E-state index in [0.717, 1.165) is 5.57 Å². The number of hydrogen-bond acceptors (Lipinski definition) is 1. The molecule has 0 aromatic carbocycles. The molecule has 0 unspecified atom stereocenters. The van der Waals surface area contributed by atoms with E-state index in [1.165, 1.54) is 0 Å². The van der Waals surface area contributed by atoms with Crippen LogP contribution in [0.25, 0.3) is 0 Å². The van der Waals surface area contributed by atoms with Gasteiger partial charge < -0.3 is 5.73 Å². The average Bonchev–Trinajstić information content (AvgIpc) is 2.25. The van der Waals surface area contributed by atoms with E-state index in [-0.39, 0.29) is 10.7 Å². The summed E-state index contributed by atoms with van der Waals surface area (Å²) in [6, 6.07) is 0. The van der Waals surface area contributed by atoms with Crippen molar-refractivity contribution in [1.82, 2.24) is 0 Å². The Morgan fingerprint density at radius 3 is 2.57 bits per heavy atom. The van der Waals surface area contributed by atoms with Gasteiger partial charge in [-0.25, -0.2) is 4.39 Å². The molecule has 0 spiro atoms. The fourth-order valence-corrected chi connectivity index (χ4v) is 2.13. The van der Waals surface area contributed by atoms with Crippen LogP contribution < -0.4 is 5.73 Å². The molecule has 1 aliphatic carbocycles. The van der Waals surface area contributed by atoms with Gasteiger partial charge in [-0.1, -0.05) is 30.1 Å². The van der Waals surface area contributed by atoms with Crippen LogP contribution in [0.1, 0.15) is 19.8 Å². The zero-order valence-corrected chi connectivity index (χ0v) is 11.2. The molecular formula is C9H9Cl2FIN. The van der Waals surface area contributed by atoms with Crippen molar-refractivity contribution in [3.05, 3.63) is 30.7 Å². The minimum absolute atomic E-state index is 0.0315. The smallest absolute Gasteiger partial charge is 0.165 e. The van der Waals surface area contributed by atoms with E-state index in [0.29, 0.717) is 21.5 Å². The van der Waals surface area contributed by atoms with E-state index in [9.17, 15) is 4.39 Å². The largest absolute Gasteiger partial charge is 0.395 e. The van der Waals surface area contributed by atoms with Crippen molar-refractivity contribution >= 4 is 45.8 Å². The van der Waals surface area contributed by atoms with Gasteiger partial charge in [0.15, 0.2) is 5.83 Å². The number of rotatable bonds is 1. The van der Waals surface area contributed by atoms with Crippen molar-refractivity contribution in [1.29, 1.82) is 0 Å². The molecule has 14 heavy (non-hydrogen) atoms. The normalized spacial score (nSPS) is 19.2. The Balaban J connectivity index is 3.33. The van der Waals surface area contributed by atoms with Crippen LogP contribution in [0.3, 0.4) is 0 Å². The molecule has 0 atom stereocenters. The molecule has 0 aliphatic heterocycles. The van der Waals surface area contributed by atoms with E-state index < -0.39 is 5.83 Å². The summed E-state index contributed by atoms with van der Waals surface area (Å²) in [5, 5.41) is 0.653. The van der Waals surface area contributed by atoms with Crippen LogP contribution in [0, 0.1) is 0 Å². The predicted octanol–water partition coefficient (Wildman–Crippen LogP) is 4.32. The van der Waals surface area contributed by atoms with Crippen molar-refractivity contribution < 1.29 is 4.39 Å². The van der Waals surface area contributed by atoms with Gasteiger partial charge in [-0.2, -0.15) is 0 Å². The molecule has 0 saturated carbocycles. The van der Waals surface area contributed by atoms with E-state index in [1.54, 1.807) is 0 Å². The third kappa shape index (κ3) is 2.25. The highest BCUT2D eigenvalue weighted by molar-refractivity contribution is 14.1. The first-order valence-corrected chi connectivity index (χ1v) is 5.90. The lowest BCUT2D eigenvalue weighted by atomic mass is 10.1. The van der Waals surface area contributed by atoms with Gasteiger partial charge in [-0.05, 0) is 34.6 Å². The first-order valence-electron chi connectivity index (χ1n) is 4.06. The minimum Gasteiger partial charge on any atom is -0.395 e. The summed E-state index contributed by atoms with van der Waals surface area (Å²) in [5.41, 5.74) is 6.37. The SMILES string of the molecule is CCC1=C(Cl)C(F)=C(N)C(I)=C(Cl)C1. The topological polar surface area (TPSA) is 26.0 Å². The molecule has 0 aromatic heterocycles. The molecule has 0 heterocycles. The second-order valence-corrected chi connectivity index (χ2v) is 4.81. The highest BCUT2D eigenvalue weighted by atomic mass is 127. The van der Waals surface area contributed by atoms with Gasteiger partial charge in [-0.3, -0.25) is 0 Å². The van der Waals surface area contributed by atoms with E-state index >= 15 is 0 Å². The van der Waals surface area contributed by atoms with Gasteiger partial charge in [0.25, 0.3) is 0 Å². The predicted molar refractivity (Wildman–Crippen MR) is 67.0 cm³/mol. The molecule has 0 bridgehead atoms. The molecule has 0 saturated heterocycles. The minimum atomic E-state index is -0.566.